The lowest BCUT2D eigenvalue weighted by Crippen LogP contribution is -2.32. The van der Waals surface area contributed by atoms with E-state index in [2.05, 4.69) is 10.4 Å². The third kappa shape index (κ3) is 3.59. The Morgan fingerprint density at radius 3 is 2.50 bits per heavy atom. The Bertz CT molecular complexity index is 954. The molecule has 0 saturated heterocycles. The zero-order valence-corrected chi connectivity index (χ0v) is 14.3. The van der Waals surface area contributed by atoms with Crippen molar-refractivity contribution in [2.75, 3.05) is 6.54 Å². The van der Waals surface area contributed by atoms with E-state index in [-0.39, 0.29) is 11.5 Å². The van der Waals surface area contributed by atoms with Crippen LogP contribution in [0.2, 0.25) is 0 Å². The highest BCUT2D eigenvalue weighted by Gasteiger charge is 2.25. The molecule has 6 heteroatoms. The molecule has 0 unspecified atom stereocenters. The van der Waals surface area contributed by atoms with Gasteiger partial charge in [0.1, 0.15) is 0 Å². The van der Waals surface area contributed by atoms with Gasteiger partial charge in [-0.25, -0.2) is 4.68 Å². The van der Waals surface area contributed by atoms with Gasteiger partial charge in [-0.05, 0) is 55.3 Å². The Morgan fingerprint density at radius 1 is 1.08 bits per heavy atom. The number of rotatable bonds is 6. The molecule has 1 fully saturated rings. The molecule has 1 saturated carbocycles. The van der Waals surface area contributed by atoms with Crippen LogP contribution >= 0.6 is 0 Å². The Hall–Kier alpha value is -3.15. The normalized spacial score (nSPS) is 13.5. The summed E-state index contributed by atoms with van der Waals surface area (Å²) >= 11 is 0. The summed E-state index contributed by atoms with van der Waals surface area (Å²) in [6.45, 7) is 0.728. The van der Waals surface area contributed by atoms with Gasteiger partial charge in [0.25, 0.3) is 11.5 Å². The Morgan fingerprint density at radius 2 is 1.81 bits per heavy atom. The molecule has 1 aliphatic rings. The molecular formula is C20H20N4O2. The first-order chi connectivity index (χ1) is 12.7. The number of hydrogen-bond acceptors (Lipinski definition) is 3. The molecular weight excluding hydrogens is 328 g/mol. The monoisotopic (exact) mass is 348 g/mol. The van der Waals surface area contributed by atoms with Gasteiger partial charge in [0.2, 0.25) is 0 Å². The zero-order valence-electron chi connectivity index (χ0n) is 14.3. The maximum Gasteiger partial charge on any atom is 0.266 e. The van der Waals surface area contributed by atoms with Crippen LogP contribution in [-0.2, 0) is 6.54 Å². The molecule has 3 aromatic rings. The lowest BCUT2D eigenvalue weighted by Gasteiger charge is -2.09. The number of nitrogens with zero attached hydrogens (tertiary/aromatic N) is 3. The molecule has 0 bridgehead atoms. The van der Waals surface area contributed by atoms with Gasteiger partial charge >= 0.3 is 0 Å². The molecule has 26 heavy (non-hydrogen) atoms. The molecule has 2 aromatic heterocycles. The van der Waals surface area contributed by atoms with Gasteiger partial charge in [-0.15, -0.1) is 0 Å². The lowest BCUT2D eigenvalue weighted by molar-refractivity contribution is 0.0951. The van der Waals surface area contributed by atoms with Gasteiger partial charge in [0.05, 0.1) is 12.2 Å². The number of carbonyl (C=O) groups is 1. The number of benzene rings is 1. The molecule has 2 heterocycles. The zero-order chi connectivity index (χ0) is 17.9. The largest absolute Gasteiger partial charge is 0.350 e. The SMILES string of the molecule is O=C(NCCn1nc(C2CC2)ccc1=O)c1ccc(-n2cccc2)cc1. The number of carbonyl (C=O) groups excluding carboxylic acids is 1. The predicted molar refractivity (Wildman–Crippen MR) is 98.6 cm³/mol. The first-order valence-electron chi connectivity index (χ1n) is 8.80. The highest BCUT2D eigenvalue weighted by Crippen LogP contribution is 2.38. The van der Waals surface area contributed by atoms with Gasteiger partial charge in [0, 0.05) is 42.2 Å². The molecule has 1 aromatic carbocycles. The maximum atomic E-state index is 12.3. The molecule has 0 atom stereocenters. The van der Waals surface area contributed by atoms with Crippen molar-refractivity contribution in [3.63, 3.8) is 0 Å². The minimum atomic E-state index is -0.157. The molecule has 6 nitrogen and oxygen atoms in total. The van der Waals surface area contributed by atoms with E-state index in [0.717, 1.165) is 24.2 Å². The molecule has 1 amide bonds. The highest BCUT2D eigenvalue weighted by atomic mass is 16.1. The topological polar surface area (TPSA) is 68.9 Å². The first-order valence-corrected chi connectivity index (χ1v) is 8.80. The van der Waals surface area contributed by atoms with Crippen molar-refractivity contribution < 1.29 is 4.79 Å². The van der Waals surface area contributed by atoms with Crippen LogP contribution in [0.3, 0.4) is 0 Å². The standard InChI is InChI=1S/C20H20N4O2/c25-19-10-9-18(15-3-4-15)22-24(19)14-11-21-20(26)16-5-7-17(8-6-16)23-12-1-2-13-23/h1-2,5-10,12-13,15H,3-4,11,14H2,(H,21,26). The Balaban J connectivity index is 1.35. The van der Waals surface area contributed by atoms with E-state index in [1.54, 1.807) is 24.3 Å². The molecule has 4 rings (SSSR count). The van der Waals surface area contributed by atoms with Crippen LogP contribution in [0.5, 0.6) is 0 Å². The van der Waals surface area contributed by atoms with Gasteiger partial charge in [-0.1, -0.05) is 0 Å². The minimum absolute atomic E-state index is 0.139. The summed E-state index contributed by atoms with van der Waals surface area (Å²) in [6.07, 6.45) is 6.19. The summed E-state index contributed by atoms with van der Waals surface area (Å²) in [5.74, 6) is 0.339. The summed E-state index contributed by atoms with van der Waals surface area (Å²) in [7, 11) is 0. The summed E-state index contributed by atoms with van der Waals surface area (Å²) in [5.41, 5.74) is 2.42. The van der Waals surface area contributed by atoms with Crippen molar-refractivity contribution in [1.29, 1.82) is 0 Å². The summed E-state index contributed by atoms with van der Waals surface area (Å²) in [5, 5.41) is 7.24. The predicted octanol–water partition coefficient (Wildman–Crippen LogP) is 2.34. The summed E-state index contributed by atoms with van der Waals surface area (Å²) in [6, 6.07) is 14.7. The van der Waals surface area contributed by atoms with Gasteiger partial charge in [-0.2, -0.15) is 5.10 Å². The Kier molecular flexibility index (Phi) is 4.39. The molecule has 0 aliphatic heterocycles. The smallest absolute Gasteiger partial charge is 0.266 e. The average molecular weight is 348 g/mol. The third-order valence-electron chi connectivity index (χ3n) is 4.52. The average Bonchev–Trinajstić information content (AvgIpc) is 3.37. The van der Waals surface area contributed by atoms with Crippen LogP contribution in [0.25, 0.3) is 5.69 Å². The Labute approximate surface area is 151 Å². The number of nitrogens with one attached hydrogen (secondary N) is 1. The van der Waals surface area contributed by atoms with Crippen LogP contribution in [-0.4, -0.2) is 26.8 Å². The quantitative estimate of drug-likeness (QED) is 0.743. The van der Waals surface area contributed by atoms with Crippen LogP contribution in [0.1, 0.15) is 34.8 Å². The highest BCUT2D eigenvalue weighted by molar-refractivity contribution is 5.94. The van der Waals surface area contributed by atoms with Crippen LogP contribution in [0, 0.1) is 0 Å². The van der Waals surface area contributed by atoms with Crippen molar-refractivity contribution in [3.05, 3.63) is 82.5 Å². The van der Waals surface area contributed by atoms with Crippen LogP contribution in [0.15, 0.2) is 65.7 Å². The molecule has 132 valence electrons. The lowest BCUT2D eigenvalue weighted by atomic mass is 10.2. The van der Waals surface area contributed by atoms with Crippen LogP contribution in [0.4, 0.5) is 0 Å². The van der Waals surface area contributed by atoms with E-state index in [1.165, 1.54) is 4.68 Å². The fourth-order valence-corrected chi connectivity index (χ4v) is 2.89. The van der Waals surface area contributed by atoms with E-state index < -0.39 is 0 Å². The fourth-order valence-electron chi connectivity index (χ4n) is 2.89. The fraction of sp³-hybridized carbons (Fsp3) is 0.250. The van der Waals surface area contributed by atoms with Crippen molar-refractivity contribution in [3.8, 4) is 5.69 Å². The number of aromatic nitrogens is 3. The van der Waals surface area contributed by atoms with Crippen molar-refractivity contribution in [2.45, 2.75) is 25.3 Å². The van der Waals surface area contributed by atoms with E-state index >= 15 is 0 Å². The first kappa shape index (κ1) is 16.3. The second-order valence-corrected chi connectivity index (χ2v) is 6.49. The molecule has 0 radical (unpaired) electrons. The second kappa shape index (κ2) is 7.00. The van der Waals surface area contributed by atoms with E-state index in [4.69, 9.17) is 0 Å². The van der Waals surface area contributed by atoms with Crippen LogP contribution < -0.4 is 10.9 Å². The van der Waals surface area contributed by atoms with Crippen molar-refractivity contribution in [2.24, 2.45) is 0 Å². The second-order valence-electron chi connectivity index (χ2n) is 6.49. The number of hydrogen-bond donors (Lipinski definition) is 1. The maximum absolute atomic E-state index is 12.3. The van der Waals surface area contributed by atoms with Crippen molar-refractivity contribution in [1.82, 2.24) is 19.7 Å². The summed E-state index contributed by atoms with van der Waals surface area (Å²) in [4.78, 5) is 24.2. The summed E-state index contributed by atoms with van der Waals surface area (Å²) < 4.78 is 3.41. The molecule has 1 N–H and O–H groups in total. The minimum Gasteiger partial charge on any atom is -0.350 e. The number of amides is 1. The molecule has 0 spiro atoms. The van der Waals surface area contributed by atoms with E-state index in [0.29, 0.717) is 24.6 Å². The molecule has 1 aliphatic carbocycles. The van der Waals surface area contributed by atoms with Gasteiger partial charge in [-0.3, -0.25) is 9.59 Å². The van der Waals surface area contributed by atoms with E-state index in [9.17, 15) is 9.59 Å². The van der Waals surface area contributed by atoms with Gasteiger partial charge < -0.3 is 9.88 Å². The third-order valence-corrected chi connectivity index (χ3v) is 4.52. The van der Waals surface area contributed by atoms with E-state index in [1.807, 2.05) is 41.2 Å². The van der Waals surface area contributed by atoms with Gasteiger partial charge in [0.15, 0.2) is 0 Å². The van der Waals surface area contributed by atoms with Crippen molar-refractivity contribution >= 4 is 5.91 Å².